The van der Waals surface area contributed by atoms with E-state index in [1.54, 1.807) is 0 Å². The number of rotatable bonds is 9. The van der Waals surface area contributed by atoms with Crippen LogP contribution in [0, 0.1) is 0 Å². The molecule has 0 amide bonds. The molecule has 0 aliphatic carbocycles. The van der Waals surface area contributed by atoms with Crippen LogP contribution >= 0.6 is 0 Å². The van der Waals surface area contributed by atoms with E-state index in [1.807, 2.05) is 42.5 Å². The molecular formula is C58H39NO2. The molecule has 3 nitrogen and oxygen atoms in total. The van der Waals surface area contributed by atoms with Crippen LogP contribution in [-0.2, 0) is 0 Å². The van der Waals surface area contributed by atoms with E-state index in [2.05, 4.69) is 158 Å². The zero-order valence-electron chi connectivity index (χ0n) is 33.4. The third-order valence-corrected chi connectivity index (χ3v) is 12.1. The number of hydrogen-bond donors (Lipinski definition) is 0. The van der Waals surface area contributed by atoms with Gasteiger partial charge >= 0.3 is 0 Å². The van der Waals surface area contributed by atoms with Crippen molar-refractivity contribution in [2.24, 2.45) is 4.99 Å². The van der Waals surface area contributed by atoms with Crippen molar-refractivity contribution >= 4 is 76.7 Å². The van der Waals surface area contributed by atoms with E-state index in [4.69, 9.17) is 27.0 Å². The third-order valence-electron chi connectivity index (χ3n) is 12.1. The SMILES string of the molecule is C=C/C(=N\C(C(=C)C(=C)c1cc(-c2ccc(-c3cccc4ccccc34)cc2)cc2oc3ccccc3c12)c1ccc2ccccc2c1)c1ccc2oc3ccccc3c2c1. The molecule has 2 aromatic heterocycles. The lowest BCUT2D eigenvalue weighted by molar-refractivity contribution is 0.668. The van der Waals surface area contributed by atoms with E-state index in [9.17, 15) is 0 Å². The number of benzene rings is 9. The van der Waals surface area contributed by atoms with Gasteiger partial charge in [0, 0.05) is 27.1 Å². The molecule has 1 unspecified atom stereocenters. The van der Waals surface area contributed by atoms with Crippen molar-refractivity contribution in [2.75, 3.05) is 0 Å². The van der Waals surface area contributed by atoms with Crippen molar-refractivity contribution in [2.45, 2.75) is 6.04 Å². The molecule has 0 saturated heterocycles. The number of aliphatic imine (C=N–C) groups is 1. The van der Waals surface area contributed by atoms with Crippen LogP contribution in [0.15, 0.2) is 233 Å². The second-order valence-corrected chi connectivity index (χ2v) is 15.6. The second kappa shape index (κ2) is 14.7. The van der Waals surface area contributed by atoms with E-state index in [0.717, 1.165) is 105 Å². The Morgan fingerprint density at radius 2 is 1.11 bits per heavy atom. The molecule has 9 aromatic carbocycles. The molecular weight excluding hydrogens is 743 g/mol. The summed E-state index contributed by atoms with van der Waals surface area (Å²) < 4.78 is 12.8. The van der Waals surface area contributed by atoms with Crippen molar-refractivity contribution in [3.05, 3.63) is 236 Å². The Bertz CT molecular complexity index is 3590. The van der Waals surface area contributed by atoms with Gasteiger partial charge < -0.3 is 8.83 Å². The molecule has 11 rings (SSSR count). The molecule has 2 heterocycles. The molecule has 0 spiro atoms. The van der Waals surface area contributed by atoms with Gasteiger partial charge in [-0.1, -0.05) is 159 Å². The van der Waals surface area contributed by atoms with Crippen LogP contribution < -0.4 is 0 Å². The van der Waals surface area contributed by atoms with Crippen LogP contribution in [0.2, 0.25) is 0 Å². The molecule has 61 heavy (non-hydrogen) atoms. The van der Waals surface area contributed by atoms with Gasteiger partial charge in [-0.3, -0.25) is 4.99 Å². The molecule has 3 heteroatoms. The summed E-state index contributed by atoms with van der Waals surface area (Å²) in [4.78, 5) is 5.51. The van der Waals surface area contributed by atoms with Crippen molar-refractivity contribution in [1.82, 2.24) is 0 Å². The highest BCUT2D eigenvalue weighted by atomic mass is 16.3. The Labute approximate surface area is 353 Å². The topological polar surface area (TPSA) is 38.6 Å². The van der Waals surface area contributed by atoms with Crippen LogP contribution in [0.4, 0.5) is 0 Å². The molecule has 0 aliphatic rings. The van der Waals surface area contributed by atoms with Crippen molar-refractivity contribution in [1.29, 1.82) is 0 Å². The summed E-state index contributed by atoms with van der Waals surface area (Å²) in [6.45, 7) is 13.9. The Balaban J connectivity index is 1.05. The van der Waals surface area contributed by atoms with Crippen molar-refractivity contribution in [3.63, 3.8) is 0 Å². The number of fused-ring (bicyclic) bond motifs is 8. The van der Waals surface area contributed by atoms with Gasteiger partial charge in [-0.15, -0.1) is 0 Å². The molecule has 1 atom stereocenters. The van der Waals surface area contributed by atoms with Crippen LogP contribution in [0.25, 0.3) is 93.2 Å². The van der Waals surface area contributed by atoms with Gasteiger partial charge in [0.2, 0.25) is 0 Å². The average molecular weight is 782 g/mol. The minimum Gasteiger partial charge on any atom is -0.456 e. The molecule has 11 aromatic rings. The Morgan fingerprint density at radius 1 is 0.475 bits per heavy atom. The van der Waals surface area contributed by atoms with Gasteiger partial charge in [0.15, 0.2) is 0 Å². The van der Waals surface area contributed by atoms with E-state index >= 15 is 0 Å². The standard InChI is InChI=1S/C58H39NO2/c1-4-52(43-30-31-55-51(33-43)48-19-9-11-22-53(48)60-55)59-58(44-29-26-38-14-5-6-16-42(38)32-44)37(3)36(2)50-34-45(35-56-57(50)49-20-10-12-23-54(49)61-56)39-24-27-41(28-25-39)47-21-13-17-40-15-7-8-18-46(40)47/h4-35,58H,1-3H2/b59-52+. The maximum Gasteiger partial charge on any atom is 0.136 e. The monoisotopic (exact) mass is 781 g/mol. The lowest BCUT2D eigenvalue weighted by Gasteiger charge is -2.21. The summed E-state index contributed by atoms with van der Waals surface area (Å²) in [6.07, 6.45) is 1.83. The highest BCUT2D eigenvalue weighted by molar-refractivity contribution is 6.15. The molecule has 0 fully saturated rings. The quantitative estimate of drug-likeness (QED) is 0.108. The van der Waals surface area contributed by atoms with E-state index in [1.165, 1.54) is 16.3 Å². The first-order chi connectivity index (χ1) is 30.0. The first-order valence-corrected chi connectivity index (χ1v) is 20.5. The second-order valence-electron chi connectivity index (χ2n) is 15.6. The summed E-state index contributed by atoms with van der Waals surface area (Å²) in [6, 6.07) is 65.2. The predicted octanol–water partition coefficient (Wildman–Crippen LogP) is 16.1. The van der Waals surface area contributed by atoms with E-state index in [0.29, 0.717) is 0 Å². The maximum atomic E-state index is 6.60. The summed E-state index contributed by atoms with van der Waals surface area (Å²) >= 11 is 0. The fourth-order valence-electron chi connectivity index (χ4n) is 8.92. The fourth-order valence-corrected chi connectivity index (χ4v) is 8.92. The van der Waals surface area contributed by atoms with E-state index in [-0.39, 0.29) is 0 Å². The smallest absolute Gasteiger partial charge is 0.136 e. The molecule has 0 radical (unpaired) electrons. The normalized spacial score (nSPS) is 12.5. The summed E-state index contributed by atoms with van der Waals surface area (Å²) in [5, 5.41) is 8.86. The number of furan rings is 2. The number of nitrogens with zero attached hydrogens (tertiary/aromatic N) is 1. The number of hydrogen-bond acceptors (Lipinski definition) is 3. The first kappa shape index (κ1) is 36.1. The largest absolute Gasteiger partial charge is 0.456 e. The summed E-state index contributed by atoms with van der Waals surface area (Å²) in [7, 11) is 0. The van der Waals surface area contributed by atoms with Gasteiger partial charge in [-0.2, -0.15) is 0 Å². The van der Waals surface area contributed by atoms with E-state index < -0.39 is 6.04 Å². The van der Waals surface area contributed by atoms with Crippen LogP contribution in [0.1, 0.15) is 22.7 Å². The number of allylic oxidation sites excluding steroid dienone is 1. The lowest BCUT2D eigenvalue weighted by Crippen LogP contribution is -2.07. The van der Waals surface area contributed by atoms with Crippen LogP contribution in [0.5, 0.6) is 0 Å². The zero-order chi connectivity index (χ0) is 41.0. The highest BCUT2D eigenvalue weighted by Gasteiger charge is 2.23. The summed E-state index contributed by atoms with van der Waals surface area (Å²) in [5.41, 5.74) is 13.0. The predicted molar refractivity (Wildman–Crippen MR) is 257 cm³/mol. The molecule has 0 aliphatic heterocycles. The third kappa shape index (κ3) is 6.27. The maximum absolute atomic E-state index is 6.60. The Morgan fingerprint density at radius 3 is 1.92 bits per heavy atom. The fraction of sp³-hybridized carbons (Fsp3) is 0.0172. The minimum absolute atomic E-state index is 0.487. The Hall–Kier alpha value is -8.01. The van der Waals surface area contributed by atoms with Gasteiger partial charge in [0.1, 0.15) is 28.4 Å². The van der Waals surface area contributed by atoms with Gasteiger partial charge in [-0.05, 0) is 121 Å². The molecule has 0 bridgehead atoms. The Kier molecular flexibility index (Phi) is 8.68. The lowest BCUT2D eigenvalue weighted by atomic mass is 9.86. The van der Waals surface area contributed by atoms with Crippen LogP contribution in [-0.4, -0.2) is 5.71 Å². The zero-order valence-corrected chi connectivity index (χ0v) is 33.4. The highest BCUT2D eigenvalue weighted by Crippen LogP contribution is 2.43. The van der Waals surface area contributed by atoms with Crippen molar-refractivity contribution < 1.29 is 8.83 Å². The van der Waals surface area contributed by atoms with Gasteiger partial charge in [-0.25, -0.2) is 0 Å². The molecule has 0 saturated carbocycles. The van der Waals surface area contributed by atoms with Crippen LogP contribution in [0.3, 0.4) is 0 Å². The average Bonchev–Trinajstić information content (AvgIpc) is 3.89. The van der Waals surface area contributed by atoms with Crippen molar-refractivity contribution in [3.8, 4) is 22.3 Å². The minimum atomic E-state index is -0.487. The first-order valence-electron chi connectivity index (χ1n) is 20.5. The molecule has 0 N–H and O–H groups in total. The van der Waals surface area contributed by atoms with Gasteiger partial charge in [0.25, 0.3) is 0 Å². The summed E-state index contributed by atoms with van der Waals surface area (Å²) in [5.74, 6) is 0. The van der Waals surface area contributed by atoms with Gasteiger partial charge in [0.05, 0.1) is 5.71 Å². The number of para-hydroxylation sites is 2. The molecule has 288 valence electrons.